The molecule has 0 aromatic heterocycles. The van der Waals surface area contributed by atoms with Gasteiger partial charge in [-0.1, -0.05) is 12.8 Å². The molecule has 1 aliphatic heterocycles. The minimum Gasteiger partial charge on any atom is -0.312 e. The Morgan fingerprint density at radius 2 is 1.95 bits per heavy atom. The van der Waals surface area contributed by atoms with Gasteiger partial charge in [-0.25, -0.2) is 13.1 Å². The van der Waals surface area contributed by atoms with Gasteiger partial charge in [0.2, 0.25) is 10.0 Å². The predicted molar refractivity (Wildman–Crippen MR) is 81.0 cm³/mol. The van der Waals surface area contributed by atoms with Gasteiger partial charge < -0.3 is 5.32 Å². The maximum atomic E-state index is 12.6. The summed E-state index contributed by atoms with van der Waals surface area (Å²) in [6.07, 6.45) is 4.71. The van der Waals surface area contributed by atoms with E-state index in [1.165, 1.54) is 24.3 Å². The van der Waals surface area contributed by atoms with Crippen LogP contribution in [-0.2, 0) is 10.0 Å². The molecule has 22 heavy (non-hydrogen) atoms. The quantitative estimate of drug-likeness (QED) is 0.646. The molecule has 2 atom stereocenters. The van der Waals surface area contributed by atoms with Gasteiger partial charge in [0.05, 0.1) is 9.82 Å². The van der Waals surface area contributed by atoms with E-state index >= 15 is 0 Å². The van der Waals surface area contributed by atoms with Gasteiger partial charge in [-0.2, -0.15) is 0 Å². The van der Waals surface area contributed by atoms with Crippen LogP contribution < -0.4 is 10.0 Å². The Hall–Kier alpha value is -1.51. The normalized spacial score (nSPS) is 28.3. The van der Waals surface area contributed by atoms with Gasteiger partial charge in [-0.3, -0.25) is 10.1 Å². The van der Waals surface area contributed by atoms with Gasteiger partial charge in [0.15, 0.2) is 0 Å². The molecule has 0 radical (unpaired) electrons. The first-order chi connectivity index (χ1) is 10.4. The molecule has 2 aliphatic rings. The van der Waals surface area contributed by atoms with E-state index in [9.17, 15) is 18.5 Å². The monoisotopic (exact) mass is 325 g/mol. The van der Waals surface area contributed by atoms with Crippen LogP contribution in [0.5, 0.6) is 0 Å². The molecular formula is C14H19N3O4S. The molecule has 7 nitrogen and oxygen atoms in total. The maximum absolute atomic E-state index is 12.6. The summed E-state index contributed by atoms with van der Waals surface area (Å²) in [5.74, 6) is 0. The molecule has 1 aromatic rings. The molecule has 2 unspecified atom stereocenters. The predicted octanol–water partition coefficient (Wildman–Crippen LogP) is 1.55. The van der Waals surface area contributed by atoms with Crippen molar-refractivity contribution >= 4 is 15.7 Å². The lowest BCUT2D eigenvalue weighted by Crippen LogP contribution is -2.57. The van der Waals surface area contributed by atoms with Crippen LogP contribution in [0.1, 0.15) is 32.1 Å². The first kappa shape index (κ1) is 15.4. The van der Waals surface area contributed by atoms with Gasteiger partial charge in [0.1, 0.15) is 0 Å². The van der Waals surface area contributed by atoms with E-state index < -0.39 is 20.5 Å². The van der Waals surface area contributed by atoms with E-state index in [1.807, 2.05) is 0 Å². The molecule has 0 bridgehead atoms. The van der Waals surface area contributed by atoms with Gasteiger partial charge in [0, 0.05) is 23.7 Å². The van der Waals surface area contributed by atoms with Gasteiger partial charge in [-0.15, -0.1) is 0 Å². The van der Waals surface area contributed by atoms with Crippen molar-refractivity contribution < 1.29 is 13.3 Å². The average Bonchev–Trinajstić information content (AvgIpc) is 2.89. The molecule has 0 spiro atoms. The minimum absolute atomic E-state index is 0.0729. The Labute approximate surface area is 129 Å². The van der Waals surface area contributed by atoms with Crippen LogP contribution in [0, 0.1) is 10.1 Å². The Kier molecular flexibility index (Phi) is 3.92. The number of rotatable bonds is 4. The Morgan fingerprint density at radius 1 is 1.23 bits per heavy atom. The lowest BCUT2D eigenvalue weighted by Gasteiger charge is -2.39. The van der Waals surface area contributed by atoms with Gasteiger partial charge >= 0.3 is 0 Å². The van der Waals surface area contributed by atoms with Crippen LogP contribution in [0.3, 0.4) is 0 Å². The Morgan fingerprint density at radius 3 is 2.64 bits per heavy atom. The lowest BCUT2D eigenvalue weighted by molar-refractivity contribution is -0.384. The summed E-state index contributed by atoms with van der Waals surface area (Å²) in [6, 6.07) is 5.19. The summed E-state index contributed by atoms with van der Waals surface area (Å²) in [7, 11) is -3.68. The van der Waals surface area contributed by atoms with Crippen molar-refractivity contribution in [2.24, 2.45) is 0 Å². The van der Waals surface area contributed by atoms with Crippen molar-refractivity contribution in [3.05, 3.63) is 34.4 Å². The molecule has 2 fully saturated rings. The number of hydrogen-bond acceptors (Lipinski definition) is 5. The van der Waals surface area contributed by atoms with Crippen molar-refractivity contribution in [1.82, 2.24) is 10.0 Å². The third-order valence-corrected chi connectivity index (χ3v) is 6.26. The average molecular weight is 325 g/mol. The van der Waals surface area contributed by atoms with Crippen LogP contribution in [0.25, 0.3) is 0 Å². The van der Waals surface area contributed by atoms with Crippen molar-refractivity contribution in [2.75, 3.05) is 6.54 Å². The molecule has 1 saturated carbocycles. The van der Waals surface area contributed by atoms with Gasteiger partial charge in [0.25, 0.3) is 5.69 Å². The standard InChI is InChI=1S/C14H19N3O4S/c18-17(19)11-4-6-12(7-5-11)22(20,21)16-14-8-2-1-3-13(14)15-10-9-14/h4-7,13,15-16H,1-3,8-10H2. The molecule has 8 heteroatoms. The largest absolute Gasteiger partial charge is 0.312 e. The fourth-order valence-corrected chi connectivity index (χ4v) is 5.05. The number of sulfonamides is 1. The second-order valence-corrected chi connectivity index (χ2v) is 7.70. The number of nitro benzene ring substituents is 1. The van der Waals surface area contributed by atoms with E-state index in [2.05, 4.69) is 10.0 Å². The number of nitrogens with zero attached hydrogens (tertiary/aromatic N) is 1. The van der Waals surface area contributed by atoms with E-state index in [0.29, 0.717) is 0 Å². The highest BCUT2D eigenvalue weighted by Crippen LogP contribution is 2.36. The number of hydrogen-bond donors (Lipinski definition) is 2. The number of fused-ring (bicyclic) bond motifs is 1. The maximum Gasteiger partial charge on any atom is 0.269 e. The van der Waals surface area contributed by atoms with Crippen LogP contribution in [0.2, 0.25) is 0 Å². The number of nitro groups is 1. The van der Waals surface area contributed by atoms with Crippen LogP contribution in [-0.4, -0.2) is 31.5 Å². The molecule has 1 saturated heterocycles. The summed E-state index contributed by atoms with van der Waals surface area (Å²) in [5.41, 5.74) is -0.533. The molecule has 0 amide bonds. The lowest BCUT2D eigenvalue weighted by atomic mass is 9.79. The van der Waals surface area contributed by atoms with Crippen LogP contribution >= 0.6 is 0 Å². The molecule has 1 heterocycles. The van der Waals surface area contributed by atoms with Crippen molar-refractivity contribution in [3.63, 3.8) is 0 Å². The van der Waals surface area contributed by atoms with E-state index in [-0.39, 0.29) is 16.6 Å². The van der Waals surface area contributed by atoms with Crippen LogP contribution in [0.4, 0.5) is 5.69 Å². The SMILES string of the molecule is O=[N+]([O-])c1ccc(S(=O)(=O)NC23CCCCC2NCC3)cc1. The Bertz CT molecular complexity index is 674. The zero-order chi connectivity index (χ0) is 15.8. The molecule has 1 aromatic carbocycles. The summed E-state index contributed by atoms with van der Waals surface area (Å²) in [4.78, 5) is 10.2. The zero-order valence-corrected chi connectivity index (χ0v) is 12.9. The molecule has 2 N–H and O–H groups in total. The molecule has 120 valence electrons. The summed E-state index contributed by atoms with van der Waals surface area (Å²) in [6.45, 7) is 0.813. The number of benzene rings is 1. The number of nitrogens with one attached hydrogen (secondary N) is 2. The molecule has 3 rings (SSSR count). The van der Waals surface area contributed by atoms with Crippen molar-refractivity contribution in [1.29, 1.82) is 0 Å². The molecular weight excluding hydrogens is 306 g/mol. The van der Waals surface area contributed by atoms with Crippen LogP contribution in [0.15, 0.2) is 29.2 Å². The highest BCUT2D eigenvalue weighted by molar-refractivity contribution is 7.89. The van der Waals surface area contributed by atoms with Crippen molar-refractivity contribution in [2.45, 2.75) is 48.6 Å². The summed E-state index contributed by atoms with van der Waals surface area (Å²) >= 11 is 0. The summed E-state index contributed by atoms with van der Waals surface area (Å²) < 4.78 is 28.1. The highest BCUT2D eigenvalue weighted by atomic mass is 32.2. The zero-order valence-electron chi connectivity index (χ0n) is 12.1. The fourth-order valence-electron chi connectivity index (χ4n) is 3.55. The van der Waals surface area contributed by atoms with Gasteiger partial charge in [-0.05, 0) is 37.9 Å². The topological polar surface area (TPSA) is 101 Å². The third kappa shape index (κ3) is 2.73. The second kappa shape index (κ2) is 5.60. The van der Waals surface area contributed by atoms with Crippen molar-refractivity contribution in [3.8, 4) is 0 Å². The smallest absolute Gasteiger partial charge is 0.269 e. The first-order valence-corrected chi connectivity index (χ1v) is 8.93. The van der Waals surface area contributed by atoms with E-state index in [0.717, 1.165) is 38.6 Å². The third-order valence-electron chi connectivity index (χ3n) is 4.69. The first-order valence-electron chi connectivity index (χ1n) is 7.45. The fraction of sp³-hybridized carbons (Fsp3) is 0.571. The number of non-ortho nitro benzene ring substituents is 1. The second-order valence-electron chi connectivity index (χ2n) is 6.02. The van der Waals surface area contributed by atoms with E-state index in [1.54, 1.807) is 0 Å². The molecule has 1 aliphatic carbocycles. The minimum atomic E-state index is -3.68. The highest BCUT2D eigenvalue weighted by Gasteiger charge is 2.46. The van der Waals surface area contributed by atoms with E-state index in [4.69, 9.17) is 0 Å². The Balaban J connectivity index is 1.85. The summed E-state index contributed by atoms with van der Waals surface area (Å²) in [5, 5.41) is 14.0.